The van der Waals surface area contributed by atoms with Crippen LogP contribution < -0.4 is 10.6 Å². The molecule has 12 nitrogen and oxygen atoms in total. The van der Waals surface area contributed by atoms with Gasteiger partial charge in [0.2, 0.25) is 11.8 Å². The van der Waals surface area contributed by atoms with E-state index >= 15 is 0 Å². The second-order valence-corrected chi connectivity index (χ2v) is 13.4. The van der Waals surface area contributed by atoms with Crippen molar-refractivity contribution in [2.45, 2.75) is 102 Å². The Labute approximate surface area is 282 Å². The number of aliphatic hydroxyl groups is 1. The van der Waals surface area contributed by atoms with Gasteiger partial charge in [-0.3, -0.25) is 14.4 Å². The number of ether oxygens (including phenoxy) is 2. The molecule has 12 heteroatoms. The van der Waals surface area contributed by atoms with Crippen LogP contribution in [0.3, 0.4) is 0 Å². The lowest BCUT2D eigenvalue weighted by Gasteiger charge is -2.32. The lowest BCUT2D eigenvalue weighted by Crippen LogP contribution is -2.58. The zero-order valence-electron chi connectivity index (χ0n) is 28.1. The van der Waals surface area contributed by atoms with E-state index in [1.54, 1.807) is 62.1 Å². The SMILES string of the molecule is CC(C)(C)OC(=O)[C@@H]1CCCN1C(=O)[C@@H](O)[C@H](Cc1ccccc1)NC(=O)[C@H](CC(=O)N1CCCCC1)NC(=O)OCc1ccccc1. The number of hydrogen-bond acceptors (Lipinski definition) is 8. The number of nitrogens with zero attached hydrogens (tertiary/aromatic N) is 2. The van der Waals surface area contributed by atoms with Crippen LogP contribution in [0.4, 0.5) is 4.79 Å². The highest BCUT2D eigenvalue weighted by Gasteiger charge is 2.42. The Kier molecular flexibility index (Phi) is 13.0. The van der Waals surface area contributed by atoms with Gasteiger partial charge in [0.15, 0.2) is 6.10 Å². The van der Waals surface area contributed by atoms with Gasteiger partial charge in [-0.2, -0.15) is 0 Å². The molecule has 2 heterocycles. The number of benzene rings is 2. The van der Waals surface area contributed by atoms with Gasteiger partial charge in [-0.15, -0.1) is 0 Å². The summed E-state index contributed by atoms with van der Waals surface area (Å²) in [6.07, 6.45) is 0.756. The van der Waals surface area contributed by atoms with Crippen molar-refractivity contribution in [1.82, 2.24) is 20.4 Å². The van der Waals surface area contributed by atoms with Gasteiger partial charge in [-0.25, -0.2) is 9.59 Å². The van der Waals surface area contributed by atoms with Crippen molar-refractivity contribution in [2.24, 2.45) is 0 Å². The fourth-order valence-corrected chi connectivity index (χ4v) is 5.94. The summed E-state index contributed by atoms with van der Waals surface area (Å²) >= 11 is 0. The normalized spacial score (nSPS) is 18.3. The molecule has 0 unspecified atom stereocenters. The van der Waals surface area contributed by atoms with Crippen LogP contribution in [0.1, 0.15) is 70.4 Å². The van der Waals surface area contributed by atoms with Crippen molar-refractivity contribution in [3.05, 3.63) is 71.8 Å². The third kappa shape index (κ3) is 10.8. The molecule has 2 saturated heterocycles. The Morgan fingerprint density at radius 3 is 2.10 bits per heavy atom. The molecular weight excluding hydrogens is 616 g/mol. The number of alkyl carbamates (subject to hydrolysis) is 1. The van der Waals surface area contributed by atoms with Crippen molar-refractivity contribution in [3.63, 3.8) is 0 Å². The molecule has 3 N–H and O–H groups in total. The molecule has 0 saturated carbocycles. The summed E-state index contributed by atoms with van der Waals surface area (Å²) in [5.74, 6) is -2.33. The number of carbonyl (C=O) groups excluding carboxylic acids is 5. The molecule has 48 heavy (non-hydrogen) atoms. The van der Waals surface area contributed by atoms with Crippen LogP contribution in [0, 0.1) is 0 Å². The second-order valence-electron chi connectivity index (χ2n) is 13.4. The van der Waals surface area contributed by atoms with Crippen LogP contribution in [0.2, 0.25) is 0 Å². The largest absolute Gasteiger partial charge is 0.458 e. The molecule has 0 radical (unpaired) electrons. The summed E-state index contributed by atoms with van der Waals surface area (Å²) in [6.45, 7) is 6.54. The van der Waals surface area contributed by atoms with Crippen LogP contribution in [0.5, 0.6) is 0 Å². The van der Waals surface area contributed by atoms with E-state index in [9.17, 15) is 29.1 Å². The van der Waals surface area contributed by atoms with Crippen molar-refractivity contribution >= 4 is 29.8 Å². The van der Waals surface area contributed by atoms with E-state index in [4.69, 9.17) is 9.47 Å². The molecule has 2 aromatic carbocycles. The molecule has 2 aliphatic rings. The molecule has 4 amide bonds. The topological polar surface area (TPSA) is 155 Å². The minimum Gasteiger partial charge on any atom is -0.458 e. The predicted molar refractivity (Wildman–Crippen MR) is 177 cm³/mol. The molecular formula is C36H48N4O8. The number of esters is 1. The summed E-state index contributed by atoms with van der Waals surface area (Å²) in [5.41, 5.74) is 0.720. The summed E-state index contributed by atoms with van der Waals surface area (Å²) < 4.78 is 10.9. The van der Waals surface area contributed by atoms with Gasteiger partial charge < -0.3 is 35.0 Å². The quantitative estimate of drug-likeness (QED) is 0.293. The van der Waals surface area contributed by atoms with Crippen molar-refractivity contribution in [3.8, 4) is 0 Å². The zero-order valence-corrected chi connectivity index (χ0v) is 28.1. The van der Waals surface area contributed by atoms with Crippen molar-refractivity contribution < 1.29 is 38.6 Å². The average Bonchev–Trinajstić information content (AvgIpc) is 3.57. The monoisotopic (exact) mass is 664 g/mol. The number of nitrogens with one attached hydrogen (secondary N) is 2. The number of piperidine rings is 1. The van der Waals surface area contributed by atoms with Gasteiger partial charge in [-0.1, -0.05) is 60.7 Å². The molecule has 0 spiro atoms. The van der Waals surface area contributed by atoms with Gasteiger partial charge in [0.1, 0.15) is 24.3 Å². The highest BCUT2D eigenvalue weighted by Crippen LogP contribution is 2.23. The zero-order chi connectivity index (χ0) is 34.7. The van der Waals surface area contributed by atoms with E-state index in [0.717, 1.165) is 30.4 Å². The van der Waals surface area contributed by atoms with E-state index in [2.05, 4.69) is 10.6 Å². The van der Waals surface area contributed by atoms with Crippen LogP contribution in [0.15, 0.2) is 60.7 Å². The van der Waals surface area contributed by atoms with E-state index in [1.165, 1.54) is 4.90 Å². The lowest BCUT2D eigenvalue weighted by atomic mass is 9.99. The van der Waals surface area contributed by atoms with E-state index in [-0.39, 0.29) is 31.9 Å². The van der Waals surface area contributed by atoms with E-state index < -0.39 is 53.7 Å². The number of hydrogen-bond donors (Lipinski definition) is 3. The van der Waals surface area contributed by atoms with E-state index in [1.807, 2.05) is 24.3 Å². The second kappa shape index (κ2) is 17.1. The summed E-state index contributed by atoms with van der Waals surface area (Å²) in [4.78, 5) is 69.7. The number of rotatable bonds is 12. The predicted octanol–water partition coefficient (Wildman–Crippen LogP) is 3.11. The Morgan fingerprint density at radius 1 is 0.854 bits per heavy atom. The molecule has 2 fully saturated rings. The number of likely N-dealkylation sites (tertiary alicyclic amines) is 2. The van der Waals surface area contributed by atoms with Crippen LogP contribution in [0.25, 0.3) is 0 Å². The number of carbonyl (C=O) groups is 5. The Hall–Kier alpha value is -4.45. The maximum Gasteiger partial charge on any atom is 0.408 e. The van der Waals surface area contributed by atoms with Crippen molar-refractivity contribution in [2.75, 3.05) is 19.6 Å². The Balaban J connectivity index is 1.52. The minimum atomic E-state index is -1.74. The molecule has 4 atom stereocenters. The minimum absolute atomic E-state index is 0.0421. The average molecular weight is 665 g/mol. The van der Waals surface area contributed by atoms with Crippen LogP contribution in [-0.2, 0) is 41.7 Å². The molecule has 2 aliphatic heterocycles. The smallest absolute Gasteiger partial charge is 0.408 e. The molecule has 260 valence electrons. The molecule has 2 aromatic rings. The molecule has 0 aromatic heterocycles. The first kappa shape index (κ1) is 36.4. The molecule has 0 bridgehead atoms. The van der Waals surface area contributed by atoms with Gasteiger partial charge in [-0.05, 0) is 70.4 Å². The molecule has 4 rings (SSSR count). The number of amides is 4. The van der Waals surface area contributed by atoms with Crippen LogP contribution >= 0.6 is 0 Å². The summed E-state index contributed by atoms with van der Waals surface area (Å²) in [7, 11) is 0. The Bertz CT molecular complexity index is 1390. The third-order valence-electron chi connectivity index (χ3n) is 8.38. The lowest BCUT2D eigenvalue weighted by molar-refractivity contribution is -0.165. The first-order chi connectivity index (χ1) is 22.9. The highest BCUT2D eigenvalue weighted by atomic mass is 16.6. The first-order valence-corrected chi connectivity index (χ1v) is 16.7. The fourth-order valence-electron chi connectivity index (χ4n) is 5.94. The van der Waals surface area contributed by atoms with Crippen molar-refractivity contribution in [1.29, 1.82) is 0 Å². The highest BCUT2D eigenvalue weighted by molar-refractivity contribution is 5.92. The maximum atomic E-state index is 13.9. The summed E-state index contributed by atoms with van der Waals surface area (Å²) in [5, 5.41) is 16.8. The van der Waals surface area contributed by atoms with Gasteiger partial charge in [0.05, 0.1) is 12.5 Å². The Morgan fingerprint density at radius 2 is 1.48 bits per heavy atom. The van der Waals surface area contributed by atoms with E-state index in [0.29, 0.717) is 25.9 Å². The number of aliphatic hydroxyl groups excluding tert-OH is 1. The van der Waals surface area contributed by atoms with Gasteiger partial charge >= 0.3 is 12.1 Å². The summed E-state index contributed by atoms with van der Waals surface area (Å²) in [6, 6.07) is 14.7. The van der Waals surface area contributed by atoms with Crippen LogP contribution in [-0.4, -0.2) is 94.2 Å². The molecule has 0 aliphatic carbocycles. The van der Waals surface area contributed by atoms with Gasteiger partial charge in [0.25, 0.3) is 5.91 Å². The van der Waals surface area contributed by atoms with Gasteiger partial charge in [0, 0.05) is 19.6 Å². The third-order valence-corrected chi connectivity index (χ3v) is 8.38. The standard InChI is InChI=1S/C36H48N4O8/c1-36(2,3)48-34(45)29-18-13-21-40(29)33(44)31(42)27(22-25-14-7-4-8-15-25)37-32(43)28(23-30(41)39-19-11-6-12-20-39)38-35(46)47-24-26-16-9-5-10-17-26/h4-5,7-10,14-17,27-29,31,42H,6,11-13,18-24H2,1-3H3,(H,37,43)(H,38,46)/t27-,28-,29-,31-/m0/s1. The fraction of sp³-hybridized carbons (Fsp3) is 0.528. The first-order valence-electron chi connectivity index (χ1n) is 16.7. The maximum absolute atomic E-state index is 13.9.